The quantitative estimate of drug-likeness (QED) is 0.904. The maximum Gasteiger partial charge on any atom is 0.256 e. The number of ether oxygens (including phenoxy) is 1. The number of benzene rings is 1. The van der Waals surface area contributed by atoms with Crippen molar-refractivity contribution in [3.8, 4) is 11.5 Å². The zero-order valence-electron chi connectivity index (χ0n) is 9.92. The largest absolute Gasteiger partial charge is 0.504 e. The summed E-state index contributed by atoms with van der Waals surface area (Å²) in [5.74, 6) is 0.134. The summed E-state index contributed by atoms with van der Waals surface area (Å²) in [6.45, 7) is 0. The lowest BCUT2D eigenvalue weighted by molar-refractivity contribution is 0.102. The molecule has 7 heteroatoms. The minimum atomic E-state index is -0.394. The molecule has 0 atom stereocenters. The van der Waals surface area contributed by atoms with E-state index in [1.165, 1.54) is 31.6 Å². The van der Waals surface area contributed by atoms with Crippen molar-refractivity contribution in [2.24, 2.45) is 0 Å². The zero-order chi connectivity index (χ0) is 13.8. The highest BCUT2D eigenvalue weighted by atomic mass is 79.9. The summed E-state index contributed by atoms with van der Waals surface area (Å²) in [5, 5.41) is 12.2. The third-order valence-corrected chi connectivity index (χ3v) is 2.71. The number of rotatable bonds is 3. The molecule has 0 radical (unpaired) electrons. The molecular weight excluding hydrogens is 314 g/mol. The van der Waals surface area contributed by atoms with Gasteiger partial charge in [0.2, 0.25) is 0 Å². The first-order valence-electron chi connectivity index (χ1n) is 5.26. The molecule has 0 unspecified atom stereocenters. The van der Waals surface area contributed by atoms with Crippen LogP contribution in [-0.2, 0) is 0 Å². The zero-order valence-corrected chi connectivity index (χ0v) is 11.5. The SMILES string of the molecule is COc1ccc(C(=O)Nc2cnc(Br)cn2)cc1O. The number of hydrogen-bond donors (Lipinski definition) is 2. The minimum Gasteiger partial charge on any atom is -0.504 e. The molecule has 1 heterocycles. The lowest BCUT2D eigenvalue weighted by Crippen LogP contribution is -2.13. The number of phenolic OH excluding ortho intramolecular Hbond substituents is 1. The molecule has 0 aliphatic carbocycles. The third kappa shape index (κ3) is 3.19. The van der Waals surface area contributed by atoms with Crippen LogP contribution < -0.4 is 10.1 Å². The molecule has 2 aromatic rings. The Kier molecular flexibility index (Phi) is 3.96. The average Bonchev–Trinajstić information content (AvgIpc) is 2.41. The van der Waals surface area contributed by atoms with Crippen molar-refractivity contribution in [3.63, 3.8) is 0 Å². The van der Waals surface area contributed by atoms with Gasteiger partial charge in [0.15, 0.2) is 17.3 Å². The van der Waals surface area contributed by atoms with E-state index in [2.05, 4.69) is 31.2 Å². The van der Waals surface area contributed by atoms with Crippen LogP contribution in [0.5, 0.6) is 11.5 Å². The number of phenols is 1. The number of amides is 1. The Bertz CT molecular complexity index is 602. The van der Waals surface area contributed by atoms with E-state index < -0.39 is 5.91 Å². The van der Waals surface area contributed by atoms with Gasteiger partial charge in [0.25, 0.3) is 5.91 Å². The van der Waals surface area contributed by atoms with E-state index in [-0.39, 0.29) is 5.75 Å². The van der Waals surface area contributed by atoms with Crippen LogP contribution in [0.15, 0.2) is 35.2 Å². The molecule has 0 spiro atoms. The topological polar surface area (TPSA) is 84.3 Å². The number of methoxy groups -OCH3 is 1. The lowest BCUT2D eigenvalue weighted by atomic mass is 10.2. The number of aromatic nitrogens is 2. The first-order valence-corrected chi connectivity index (χ1v) is 6.05. The van der Waals surface area contributed by atoms with E-state index in [1.54, 1.807) is 6.07 Å². The average molecular weight is 324 g/mol. The van der Waals surface area contributed by atoms with Crippen LogP contribution in [0.3, 0.4) is 0 Å². The Balaban J connectivity index is 2.16. The fraction of sp³-hybridized carbons (Fsp3) is 0.0833. The first-order chi connectivity index (χ1) is 9.10. The van der Waals surface area contributed by atoms with Gasteiger partial charge < -0.3 is 15.2 Å². The molecular formula is C12H10BrN3O3. The van der Waals surface area contributed by atoms with Gasteiger partial charge >= 0.3 is 0 Å². The fourth-order valence-electron chi connectivity index (χ4n) is 1.40. The monoisotopic (exact) mass is 323 g/mol. The van der Waals surface area contributed by atoms with Crippen LogP contribution in [0.4, 0.5) is 5.82 Å². The number of hydrogen-bond acceptors (Lipinski definition) is 5. The van der Waals surface area contributed by atoms with Crippen molar-refractivity contribution in [1.29, 1.82) is 0 Å². The van der Waals surface area contributed by atoms with Crippen LogP contribution in [0.25, 0.3) is 0 Å². The molecule has 6 nitrogen and oxygen atoms in total. The van der Waals surface area contributed by atoms with E-state index in [4.69, 9.17) is 4.74 Å². The van der Waals surface area contributed by atoms with Crippen LogP contribution in [0, 0.1) is 0 Å². The van der Waals surface area contributed by atoms with Gasteiger partial charge in [-0.15, -0.1) is 0 Å². The Morgan fingerprint density at radius 3 is 2.74 bits per heavy atom. The maximum absolute atomic E-state index is 11.9. The summed E-state index contributed by atoms with van der Waals surface area (Å²) >= 11 is 3.15. The number of halogens is 1. The van der Waals surface area contributed by atoms with Crippen molar-refractivity contribution in [1.82, 2.24) is 9.97 Å². The van der Waals surface area contributed by atoms with Gasteiger partial charge in [-0.2, -0.15) is 0 Å². The molecule has 1 aromatic heterocycles. The smallest absolute Gasteiger partial charge is 0.256 e. The van der Waals surface area contributed by atoms with E-state index in [9.17, 15) is 9.90 Å². The molecule has 2 rings (SSSR count). The van der Waals surface area contributed by atoms with Gasteiger partial charge in [-0.3, -0.25) is 4.79 Å². The van der Waals surface area contributed by atoms with Crippen molar-refractivity contribution in [2.45, 2.75) is 0 Å². The second-order valence-corrected chi connectivity index (χ2v) is 4.38. The highest BCUT2D eigenvalue weighted by Gasteiger charge is 2.10. The van der Waals surface area contributed by atoms with Gasteiger partial charge in [0.1, 0.15) is 4.60 Å². The molecule has 2 N–H and O–H groups in total. The molecule has 98 valence electrons. The molecule has 0 aliphatic rings. The molecule has 0 aliphatic heterocycles. The normalized spacial score (nSPS) is 10.0. The maximum atomic E-state index is 11.9. The predicted octanol–water partition coefficient (Wildman–Crippen LogP) is 2.21. The van der Waals surface area contributed by atoms with Crippen LogP contribution in [0.2, 0.25) is 0 Å². The highest BCUT2D eigenvalue weighted by Crippen LogP contribution is 2.26. The molecule has 0 saturated carbocycles. The van der Waals surface area contributed by atoms with E-state index in [1.807, 2.05) is 0 Å². The van der Waals surface area contributed by atoms with E-state index in [0.717, 1.165) is 0 Å². The van der Waals surface area contributed by atoms with Crippen molar-refractivity contribution >= 4 is 27.7 Å². The summed E-state index contributed by atoms with van der Waals surface area (Å²) in [4.78, 5) is 19.8. The first kappa shape index (κ1) is 13.3. The Morgan fingerprint density at radius 1 is 1.37 bits per heavy atom. The number of carbonyl (C=O) groups excluding carboxylic acids is 1. The third-order valence-electron chi connectivity index (χ3n) is 2.30. The van der Waals surface area contributed by atoms with Gasteiger partial charge in [-0.05, 0) is 34.1 Å². The Morgan fingerprint density at radius 2 is 2.16 bits per heavy atom. The molecule has 0 saturated heterocycles. The molecule has 1 aromatic carbocycles. The fourth-order valence-corrected chi connectivity index (χ4v) is 1.60. The summed E-state index contributed by atoms with van der Waals surface area (Å²) < 4.78 is 5.48. The molecule has 0 bridgehead atoms. The summed E-state index contributed by atoms with van der Waals surface area (Å²) in [6.07, 6.45) is 2.90. The minimum absolute atomic E-state index is 0.1000. The van der Waals surface area contributed by atoms with E-state index in [0.29, 0.717) is 21.7 Å². The van der Waals surface area contributed by atoms with Crippen LogP contribution in [0.1, 0.15) is 10.4 Å². The number of nitrogens with zero attached hydrogens (tertiary/aromatic N) is 2. The van der Waals surface area contributed by atoms with Gasteiger partial charge in [-0.25, -0.2) is 9.97 Å². The number of carbonyl (C=O) groups is 1. The van der Waals surface area contributed by atoms with Crippen molar-refractivity contribution in [2.75, 3.05) is 12.4 Å². The molecule has 0 fully saturated rings. The van der Waals surface area contributed by atoms with Gasteiger partial charge in [0.05, 0.1) is 19.5 Å². The summed E-state index contributed by atoms with van der Waals surface area (Å²) in [6, 6.07) is 4.37. The second-order valence-electron chi connectivity index (χ2n) is 3.57. The number of anilines is 1. The standard InChI is InChI=1S/C12H10BrN3O3/c1-19-9-3-2-7(4-8(9)17)12(18)16-11-6-14-10(13)5-15-11/h2-6,17H,1H3,(H,15,16,18). The molecule has 19 heavy (non-hydrogen) atoms. The van der Waals surface area contributed by atoms with Crippen LogP contribution >= 0.6 is 15.9 Å². The van der Waals surface area contributed by atoms with E-state index >= 15 is 0 Å². The Labute approximate surface area is 117 Å². The van der Waals surface area contributed by atoms with Gasteiger partial charge in [-0.1, -0.05) is 0 Å². The lowest BCUT2D eigenvalue weighted by Gasteiger charge is -2.06. The van der Waals surface area contributed by atoms with Crippen molar-refractivity contribution < 1.29 is 14.6 Å². The summed E-state index contributed by atoms with van der Waals surface area (Å²) in [7, 11) is 1.44. The van der Waals surface area contributed by atoms with Gasteiger partial charge in [0, 0.05) is 5.56 Å². The predicted molar refractivity (Wildman–Crippen MR) is 72.3 cm³/mol. The highest BCUT2D eigenvalue weighted by molar-refractivity contribution is 9.10. The number of nitrogens with one attached hydrogen (secondary N) is 1. The molecule has 1 amide bonds. The number of aromatic hydroxyl groups is 1. The van der Waals surface area contributed by atoms with Crippen LogP contribution in [-0.4, -0.2) is 28.1 Å². The second kappa shape index (κ2) is 5.66. The summed E-state index contributed by atoms with van der Waals surface area (Å²) in [5.41, 5.74) is 0.294. The van der Waals surface area contributed by atoms with Crippen molar-refractivity contribution in [3.05, 3.63) is 40.8 Å². The Hall–Kier alpha value is -2.15.